The van der Waals surface area contributed by atoms with Crippen molar-refractivity contribution in [3.05, 3.63) is 29.3 Å². The third kappa shape index (κ3) is 3.18. The SMILES string of the molecule is CCC1CCC(CN)C(S(=O)(=O)c2ccc(Cl)cc2)C1. The van der Waals surface area contributed by atoms with Crippen LogP contribution >= 0.6 is 11.6 Å². The summed E-state index contributed by atoms with van der Waals surface area (Å²) in [5.74, 6) is 0.559. The molecule has 0 bridgehead atoms. The van der Waals surface area contributed by atoms with E-state index in [9.17, 15) is 8.42 Å². The van der Waals surface area contributed by atoms with Gasteiger partial charge in [-0.1, -0.05) is 31.4 Å². The number of rotatable bonds is 4. The van der Waals surface area contributed by atoms with Crippen molar-refractivity contribution in [1.29, 1.82) is 0 Å². The van der Waals surface area contributed by atoms with Gasteiger partial charge in [0.2, 0.25) is 0 Å². The van der Waals surface area contributed by atoms with Gasteiger partial charge in [0, 0.05) is 5.02 Å². The monoisotopic (exact) mass is 315 g/mol. The van der Waals surface area contributed by atoms with Crippen molar-refractivity contribution >= 4 is 21.4 Å². The van der Waals surface area contributed by atoms with Crippen LogP contribution < -0.4 is 5.73 Å². The van der Waals surface area contributed by atoms with Crippen LogP contribution in [0.3, 0.4) is 0 Å². The van der Waals surface area contributed by atoms with Gasteiger partial charge in [0.25, 0.3) is 0 Å². The van der Waals surface area contributed by atoms with Gasteiger partial charge in [-0.25, -0.2) is 8.42 Å². The molecular weight excluding hydrogens is 294 g/mol. The second kappa shape index (κ2) is 6.46. The lowest BCUT2D eigenvalue weighted by Gasteiger charge is -2.34. The average molecular weight is 316 g/mol. The minimum absolute atomic E-state index is 0.0680. The largest absolute Gasteiger partial charge is 0.330 e. The molecule has 0 heterocycles. The van der Waals surface area contributed by atoms with Gasteiger partial charge < -0.3 is 5.73 Å². The molecule has 0 spiro atoms. The molecule has 1 aliphatic rings. The van der Waals surface area contributed by atoms with E-state index in [0.717, 1.165) is 25.7 Å². The smallest absolute Gasteiger partial charge is 0.181 e. The molecule has 1 aromatic carbocycles. The van der Waals surface area contributed by atoms with Crippen molar-refractivity contribution in [2.24, 2.45) is 17.6 Å². The fourth-order valence-corrected chi connectivity index (χ4v) is 5.36. The zero-order chi connectivity index (χ0) is 14.8. The van der Waals surface area contributed by atoms with Crippen molar-refractivity contribution in [3.8, 4) is 0 Å². The molecule has 1 aliphatic carbocycles. The molecule has 1 saturated carbocycles. The molecular formula is C15H22ClNO2S. The van der Waals surface area contributed by atoms with Crippen molar-refractivity contribution in [1.82, 2.24) is 0 Å². The minimum atomic E-state index is -3.32. The first kappa shape index (κ1) is 15.8. The summed E-state index contributed by atoms with van der Waals surface area (Å²) in [6.07, 6.45) is 3.75. The molecule has 3 nitrogen and oxygen atoms in total. The quantitative estimate of drug-likeness (QED) is 0.927. The third-order valence-corrected chi connectivity index (χ3v) is 7.01. The van der Waals surface area contributed by atoms with E-state index in [2.05, 4.69) is 6.92 Å². The van der Waals surface area contributed by atoms with Crippen molar-refractivity contribution < 1.29 is 8.42 Å². The number of benzene rings is 1. The Morgan fingerprint density at radius 3 is 2.45 bits per heavy atom. The summed E-state index contributed by atoms with van der Waals surface area (Å²) in [6.45, 7) is 2.56. The summed E-state index contributed by atoms with van der Waals surface area (Å²) >= 11 is 5.83. The van der Waals surface area contributed by atoms with Crippen molar-refractivity contribution in [2.45, 2.75) is 42.8 Å². The molecule has 0 amide bonds. The van der Waals surface area contributed by atoms with Gasteiger partial charge in [0.1, 0.15) is 0 Å². The maximum absolute atomic E-state index is 12.8. The van der Waals surface area contributed by atoms with Gasteiger partial charge in [0.15, 0.2) is 9.84 Å². The van der Waals surface area contributed by atoms with E-state index in [4.69, 9.17) is 17.3 Å². The molecule has 2 N–H and O–H groups in total. The number of halogens is 1. The predicted octanol–water partition coefficient (Wildman–Crippen LogP) is 3.27. The molecule has 1 fully saturated rings. The maximum atomic E-state index is 12.8. The zero-order valence-electron chi connectivity index (χ0n) is 11.8. The minimum Gasteiger partial charge on any atom is -0.330 e. The van der Waals surface area contributed by atoms with Crippen LogP contribution in [0.5, 0.6) is 0 Å². The molecule has 0 saturated heterocycles. The fraction of sp³-hybridized carbons (Fsp3) is 0.600. The highest BCUT2D eigenvalue weighted by molar-refractivity contribution is 7.92. The maximum Gasteiger partial charge on any atom is 0.181 e. The Morgan fingerprint density at radius 1 is 1.25 bits per heavy atom. The van der Waals surface area contributed by atoms with E-state index in [1.807, 2.05) is 0 Å². The Hall–Kier alpha value is -0.580. The second-order valence-electron chi connectivity index (χ2n) is 5.62. The van der Waals surface area contributed by atoms with Crippen LogP contribution in [0.15, 0.2) is 29.2 Å². The first-order valence-corrected chi connectivity index (χ1v) is 9.11. The van der Waals surface area contributed by atoms with Crippen LogP contribution in [0, 0.1) is 11.8 Å². The van der Waals surface area contributed by atoms with E-state index >= 15 is 0 Å². The summed E-state index contributed by atoms with van der Waals surface area (Å²) in [4.78, 5) is 0.363. The van der Waals surface area contributed by atoms with Gasteiger partial charge in [-0.05, 0) is 55.5 Å². The molecule has 0 aliphatic heterocycles. The molecule has 5 heteroatoms. The summed E-state index contributed by atoms with van der Waals surface area (Å²) in [6, 6.07) is 6.46. The van der Waals surface area contributed by atoms with Gasteiger partial charge in [0.05, 0.1) is 10.1 Å². The first-order valence-electron chi connectivity index (χ1n) is 7.18. The lowest BCUT2D eigenvalue weighted by molar-refractivity contribution is 0.275. The summed E-state index contributed by atoms with van der Waals surface area (Å²) in [5, 5.41) is 0.196. The van der Waals surface area contributed by atoms with E-state index in [-0.39, 0.29) is 11.2 Å². The summed E-state index contributed by atoms with van der Waals surface area (Å²) < 4.78 is 25.7. The topological polar surface area (TPSA) is 60.2 Å². The lowest BCUT2D eigenvalue weighted by Crippen LogP contribution is -2.39. The number of hydrogen-bond acceptors (Lipinski definition) is 3. The molecule has 20 heavy (non-hydrogen) atoms. The molecule has 1 aromatic rings. The van der Waals surface area contributed by atoms with Crippen LogP contribution in [0.4, 0.5) is 0 Å². The van der Waals surface area contributed by atoms with Crippen LogP contribution in [0.1, 0.15) is 32.6 Å². The molecule has 0 aromatic heterocycles. The lowest BCUT2D eigenvalue weighted by atomic mass is 9.80. The van der Waals surface area contributed by atoms with Gasteiger partial charge in [-0.2, -0.15) is 0 Å². The number of hydrogen-bond donors (Lipinski definition) is 1. The Kier molecular flexibility index (Phi) is 5.10. The standard InChI is InChI=1S/C15H22ClNO2S/c1-2-11-3-4-12(10-17)15(9-11)20(18,19)14-7-5-13(16)6-8-14/h5-8,11-12,15H,2-4,9-10,17H2,1H3. The summed E-state index contributed by atoms with van der Waals surface area (Å²) in [7, 11) is -3.32. The normalized spacial score (nSPS) is 27.4. The molecule has 112 valence electrons. The predicted molar refractivity (Wildman–Crippen MR) is 82.6 cm³/mol. The molecule has 3 unspecified atom stereocenters. The Morgan fingerprint density at radius 2 is 1.90 bits per heavy atom. The summed E-state index contributed by atoms with van der Waals surface area (Å²) in [5.41, 5.74) is 5.79. The second-order valence-corrected chi connectivity index (χ2v) is 8.22. The molecule has 2 rings (SSSR count). The van der Waals surface area contributed by atoms with Crippen LogP contribution in [0.2, 0.25) is 5.02 Å². The Labute approximate surface area is 126 Å². The van der Waals surface area contributed by atoms with Gasteiger partial charge >= 0.3 is 0 Å². The first-order chi connectivity index (χ1) is 9.48. The van der Waals surface area contributed by atoms with Crippen LogP contribution in [-0.4, -0.2) is 20.2 Å². The van der Waals surface area contributed by atoms with Gasteiger partial charge in [-0.3, -0.25) is 0 Å². The average Bonchev–Trinajstić information content (AvgIpc) is 2.47. The van der Waals surface area contributed by atoms with E-state index in [1.54, 1.807) is 24.3 Å². The van der Waals surface area contributed by atoms with E-state index in [0.29, 0.717) is 22.4 Å². The molecule has 0 radical (unpaired) electrons. The number of nitrogens with two attached hydrogens (primary N) is 1. The van der Waals surface area contributed by atoms with Gasteiger partial charge in [-0.15, -0.1) is 0 Å². The third-order valence-electron chi connectivity index (χ3n) is 4.46. The zero-order valence-corrected chi connectivity index (χ0v) is 13.3. The van der Waals surface area contributed by atoms with Crippen LogP contribution in [-0.2, 0) is 9.84 Å². The highest BCUT2D eigenvalue weighted by atomic mass is 35.5. The van der Waals surface area contributed by atoms with E-state index < -0.39 is 9.84 Å². The number of sulfone groups is 1. The Bertz CT molecular complexity index is 541. The Balaban J connectivity index is 2.32. The van der Waals surface area contributed by atoms with Crippen LogP contribution in [0.25, 0.3) is 0 Å². The highest BCUT2D eigenvalue weighted by Crippen LogP contribution is 2.37. The van der Waals surface area contributed by atoms with Crippen molar-refractivity contribution in [2.75, 3.05) is 6.54 Å². The van der Waals surface area contributed by atoms with Crippen molar-refractivity contribution in [3.63, 3.8) is 0 Å². The molecule has 3 atom stereocenters. The fourth-order valence-electron chi connectivity index (χ4n) is 3.09. The van der Waals surface area contributed by atoms with E-state index in [1.165, 1.54) is 0 Å². The highest BCUT2D eigenvalue weighted by Gasteiger charge is 2.38.